The topological polar surface area (TPSA) is 90.6 Å². The van der Waals surface area contributed by atoms with Crippen LogP contribution >= 0.6 is 0 Å². The number of anilines is 1. The Bertz CT molecular complexity index is 884. The van der Waals surface area contributed by atoms with E-state index < -0.39 is 5.97 Å². The van der Waals surface area contributed by atoms with E-state index in [2.05, 4.69) is 32.1 Å². The van der Waals surface area contributed by atoms with Crippen molar-refractivity contribution in [2.24, 2.45) is 0 Å². The molecule has 1 amide bonds. The summed E-state index contributed by atoms with van der Waals surface area (Å²) in [5.74, 6) is 0.268. The maximum absolute atomic E-state index is 12.7. The van der Waals surface area contributed by atoms with Crippen LogP contribution in [0.25, 0.3) is 0 Å². The first kappa shape index (κ1) is 20.9. The van der Waals surface area contributed by atoms with Gasteiger partial charge in [0.1, 0.15) is 11.5 Å². The molecule has 0 aromatic carbocycles. The van der Waals surface area contributed by atoms with Gasteiger partial charge in [-0.25, -0.2) is 9.78 Å². The van der Waals surface area contributed by atoms with Crippen LogP contribution in [0.1, 0.15) is 44.6 Å². The van der Waals surface area contributed by atoms with Crippen molar-refractivity contribution in [3.05, 3.63) is 46.4 Å². The van der Waals surface area contributed by atoms with Crippen LogP contribution in [0.4, 0.5) is 5.82 Å². The summed E-state index contributed by atoms with van der Waals surface area (Å²) in [5, 5.41) is 2.93. The van der Waals surface area contributed by atoms with E-state index in [0.29, 0.717) is 35.7 Å². The summed E-state index contributed by atoms with van der Waals surface area (Å²) in [7, 11) is 2.12. The standard InChI is InChI=1S/C21H29N5O3/c1-5-29-21(28)18-14(2)19(24-15(18)3)20(27)23-13-16-6-7-22-17(12-16)26-10-8-25(4)9-11-26/h6-7,12,24H,5,8-11,13H2,1-4H3,(H,23,27). The van der Waals surface area contributed by atoms with Gasteiger partial charge in [0, 0.05) is 44.6 Å². The van der Waals surface area contributed by atoms with Crippen LogP contribution in [0.5, 0.6) is 0 Å². The number of pyridine rings is 1. The van der Waals surface area contributed by atoms with Crippen molar-refractivity contribution < 1.29 is 14.3 Å². The minimum absolute atomic E-state index is 0.251. The lowest BCUT2D eigenvalue weighted by Crippen LogP contribution is -2.44. The van der Waals surface area contributed by atoms with Crippen LogP contribution in [0.15, 0.2) is 18.3 Å². The largest absolute Gasteiger partial charge is 0.462 e. The summed E-state index contributed by atoms with van der Waals surface area (Å²) in [6, 6.07) is 3.92. The normalized spacial score (nSPS) is 14.7. The molecular weight excluding hydrogens is 370 g/mol. The number of esters is 1. The van der Waals surface area contributed by atoms with Crippen LogP contribution in [-0.2, 0) is 11.3 Å². The number of carbonyl (C=O) groups excluding carboxylic acids is 2. The molecule has 8 heteroatoms. The van der Waals surface area contributed by atoms with E-state index in [9.17, 15) is 9.59 Å². The number of amides is 1. The zero-order valence-corrected chi connectivity index (χ0v) is 17.5. The summed E-state index contributed by atoms with van der Waals surface area (Å²) < 4.78 is 5.08. The van der Waals surface area contributed by atoms with Crippen molar-refractivity contribution in [3.63, 3.8) is 0 Å². The second-order valence-electron chi connectivity index (χ2n) is 7.34. The van der Waals surface area contributed by atoms with E-state index in [1.165, 1.54) is 0 Å². The van der Waals surface area contributed by atoms with Crippen molar-refractivity contribution in [2.45, 2.75) is 27.3 Å². The Hall–Kier alpha value is -2.87. The average Bonchev–Trinajstić information content (AvgIpc) is 3.01. The molecule has 3 rings (SSSR count). The third kappa shape index (κ3) is 4.76. The van der Waals surface area contributed by atoms with Crippen LogP contribution in [-0.4, -0.2) is 66.6 Å². The first-order chi connectivity index (χ1) is 13.9. The van der Waals surface area contributed by atoms with Gasteiger partial charge >= 0.3 is 5.97 Å². The molecule has 2 aromatic heterocycles. The number of aromatic nitrogens is 2. The predicted molar refractivity (Wildman–Crippen MR) is 111 cm³/mol. The number of aryl methyl sites for hydroxylation is 1. The van der Waals surface area contributed by atoms with E-state index in [-0.39, 0.29) is 5.91 Å². The Morgan fingerprint density at radius 2 is 1.97 bits per heavy atom. The second-order valence-corrected chi connectivity index (χ2v) is 7.34. The highest BCUT2D eigenvalue weighted by molar-refractivity contribution is 6.00. The molecule has 8 nitrogen and oxygen atoms in total. The van der Waals surface area contributed by atoms with E-state index >= 15 is 0 Å². The second kappa shape index (κ2) is 9.09. The van der Waals surface area contributed by atoms with E-state index in [1.807, 2.05) is 12.1 Å². The molecule has 0 bridgehead atoms. The molecule has 2 N–H and O–H groups in total. The SMILES string of the molecule is CCOC(=O)c1c(C)[nH]c(C(=O)NCc2ccnc(N3CCN(C)CC3)c2)c1C. The summed E-state index contributed by atoms with van der Waals surface area (Å²) >= 11 is 0. The number of hydrogen-bond donors (Lipinski definition) is 2. The number of rotatable bonds is 6. The lowest BCUT2D eigenvalue weighted by molar-refractivity contribution is 0.0525. The van der Waals surface area contributed by atoms with Gasteiger partial charge in [0.05, 0.1) is 12.2 Å². The highest BCUT2D eigenvalue weighted by atomic mass is 16.5. The van der Waals surface area contributed by atoms with Crippen molar-refractivity contribution >= 4 is 17.7 Å². The van der Waals surface area contributed by atoms with Gasteiger partial charge < -0.3 is 24.8 Å². The van der Waals surface area contributed by atoms with Gasteiger partial charge in [-0.3, -0.25) is 4.79 Å². The lowest BCUT2D eigenvalue weighted by atomic mass is 10.1. The van der Waals surface area contributed by atoms with Crippen molar-refractivity contribution in [2.75, 3.05) is 44.7 Å². The molecule has 0 atom stereocenters. The van der Waals surface area contributed by atoms with Gasteiger partial charge in [-0.15, -0.1) is 0 Å². The molecule has 2 aromatic rings. The Balaban J connectivity index is 1.66. The maximum Gasteiger partial charge on any atom is 0.340 e. The number of hydrogen-bond acceptors (Lipinski definition) is 6. The minimum atomic E-state index is -0.413. The Morgan fingerprint density at radius 3 is 2.66 bits per heavy atom. The third-order valence-corrected chi connectivity index (χ3v) is 5.23. The minimum Gasteiger partial charge on any atom is -0.462 e. The van der Waals surface area contributed by atoms with E-state index in [4.69, 9.17) is 4.74 Å². The van der Waals surface area contributed by atoms with Crippen LogP contribution in [0.3, 0.4) is 0 Å². The number of aromatic amines is 1. The molecule has 156 valence electrons. The zero-order valence-electron chi connectivity index (χ0n) is 17.5. The predicted octanol–water partition coefficient (Wildman–Crippen LogP) is 1.89. The quantitative estimate of drug-likeness (QED) is 0.721. The van der Waals surface area contributed by atoms with Gasteiger partial charge in [-0.2, -0.15) is 0 Å². The molecular formula is C21H29N5O3. The number of nitrogens with zero attached hydrogens (tertiary/aromatic N) is 3. The molecule has 29 heavy (non-hydrogen) atoms. The number of H-pyrrole nitrogens is 1. The van der Waals surface area contributed by atoms with Crippen molar-refractivity contribution in [3.8, 4) is 0 Å². The summed E-state index contributed by atoms with van der Waals surface area (Å²) in [4.78, 5) is 36.9. The number of piperazine rings is 1. The Labute approximate surface area is 171 Å². The van der Waals surface area contributed by atoms with Crippen molar-refractivity contribution in [1.82, 2.24) is 20.2 Å². The van der Waals surface area contributed by atoms with Crippen molar-refractivity contribution in [1.29, 1.82) is 0 Å². The number of carbonyl (C=O) groups is 2. The van der Waals surface area contributed by atoms with Crippen LogP contribution < -0.4 is 10.2 Å². The fourth-order valence-electron chi connectivity index (χ4n) is 3.54. The van der Waals surface area contributed by atoms with Gasteiger partial charge in [-0.05, 0) is 51.1 Å². The number of likely N-dealkylation sites (N-methyl/N-ethyl adjacent to an activating group) is 1. The number of ether oxygens (including phenoxy) is 1. The Morgan fingerprint density at radius 1 is 1.24 bits per heavy atom. The van der Waals surface area contributed by atoms with Gasteiger partial charge in [0.25, 0.3) is 5.91 Å². The summed E-state index contributed by atoms with van der Waals surface area (Å²) in [6.45, 7) is 9.86. The first-order valence-electron chi connectivity index (χ1n) is 9.93. The summed E-state index contributed by atoms with van der Waals surface area (Å²) in [5.41, 5.74) is 3.03. The monoisotopic (exact) mass is 399 g/mol. The van der Waals surface area contributed by atoms with Crippen LogP contribution in [0, 0.1) is 13.8 Å². The fraction of sp³-hybridized carbons (Fsp3) is 0.476. The number of nitrogens with one attached hydrogen (secondary N) is 2. The lowest BCUT2D eigenvalue weighted by Gasteiger charge is -2.33. The summed E-state index contributed by atoms with van der Waals surface area (Å²) in [6.07, 6.45) is 1.78. The van der Waals surface area contributed by atoms with Gasteiger partial charge in [-0.1, -0.05) is 0 Å². The highest BCUT2D eigenvalue weighted by Crippen LogP contribution is 2.19. The van der Waals surface area contributed by atoms with E-state index in [0.717, 1.165) is 37.6 Å². The van der Waals surface area contributed by atoms with Crippen LogP contribution in [0.2, 0.25) is 0 Å². The van der Waals surface area contributed by atoms with Gasteiger partial charge in [0.15, 0.2) is 0 Å². The van der Waals surface area contributed by atoms with Gasteiger partial charge in [0.2, 0.25) is 0 Å². The third-order valence-electron chi connectivity index (χ3n) is 5.23. The fourth-order valence-corrected chi connectivity index (χ4v) is 3.54. The first-order valence-corrected chi connectivity index (χ1v) is 9.93. The average molecular weight is 399 g/mol. The molecule has 1 saturated heterocycles. The zero-order chi connectivity index (χ0) is 21.0. The molecule has 3 heterocycles. The maximum atomic E-state index is 12.7. The molecule has 0 aliphatic carbocycles. The molecule has 0 unspecified atom stereocenters. The molecule has 0 spiro atoms. The molecule has 1 fully saturated rings. The highest BCUT2D eigenvalue weighted by Gasteiger charge is 2.23. The Kier molecular flexibility index (Phi) is 6.53. The molecule has 0 radical (unpaired) electrons. The van der Waals surface area contributed by atoms with E-state index in [1.54, 1.807) is 27.0 Å². The molecule has 0 saturated carbocycles. The smallest absolute Gasteiger partial charge is 0.340 e. The molecule has 1 aliphatic rings. The molecule has 1 aliphatic heterocycles.